The highest BCUT2D eigenvalue weighted by atomic mass is 35.5. The summed E-state index contributed by atoms with van der Waals surface area (Å²) < 4.78 is 0. The Hall–Kier alpha value is -0.290. The molecule has 6 N–H and O–H groups in total. The smallest absolute Gasteiger partial charge is 0.118 e. The van der Waals surface area contributed by atoms with Crippen LogP contribution in [0.2, 0.25) is 0 Å². The Bertz CT molecular complexity index is 541. The molecule has 4 unspecified atom stereocenters. The lowest BCUT2D eigenvalue weighted by molar-refractivity contribution is 0.0173. The molecule has 0 saturated carbocycles. The molecule has 0 aromatic heterocycles. The maximum Gasteiger partial charge on any atom is 0.118 e. The molecule has 4 aliphatic rings. The summed E-state index contributed by atoms with van der Waals surface area (Å²) in [7, 11) is 2.20. The third-order valence-corrected chi connectivity index (χ3v) is 6.98. The molecule has 1 aliphatic carbocycles. The molecule has 3 aliphatic heterocycles. The lowest BCUT2D eigenvalue weighted by Crippen LogP contribution is -2.76. The van der Waals surface area contributed by atoms with Crippen LogP contribution in [0.3, 0.4) is 0 Å². The summed E-state index contributed by atoms with van der Waals surface area (Å²) >= 11 is 6.34. The lowest BCUT2D eigenvalue weighted by Gasteiger charge is -2.46. The zero-order chi connectivity index (χ0) is 20.2. The van der Waals surface area contributed by atoms with Crippen LogP contribution in [0.4, 0.5) is 0 Å². The van der Waals surface area contributed by atoms with Crippen LogP contribution < -0.4 is 32.1 Å². The van der Waals surface area contributed by atoms with E-state index in [9.17, 15) is 0 Å². The van der Waals surface area contributed by atoms with Crippen molar-refractivity contribution in [3.63, 3.8) is 0 Å². The molecule has 0 aromatic rings. The van der Waals surface area contributed by atoms with Gasteiger partial charge in [0.15, 0.2) is 0 Å². The van der Waals surface area contributed by atoms with Crippen molar-refractivity contribution >= 4 is 11.6 Å². The van der Waals surface area contributed by atoms with E-state index in [4.69, 9.17) is 11.6 Å². The second-order valence-corrected chi connectivity index (χ2v) is 9.79. The normalized spacial score (nSPS) is 42.4. The SMILES string of the molecule is CC1C[C@@H](NC2NC(CC[C@@H]3CC=CC(Cl)C3)N[C@H](N3CCN(C)CC3)N2)NN1. The first kappa shape index (κ1) is 21.9. The second kappa shape index (κ2) is 10.3. The van der Waals surface area contributed by atoms with Crippen molar-refractivity contribution in [3.05, 3.63) is 12.2 Å². The van der Waals surface area contributed by atoms with Crippen molar-refractivity contribution in [1.82, 2.24) is 41.9 Å². The monoisotopic (exact) mass is 426 g/mol. The van der Waals surface area contributed by atoms with Gasteiger partial charge in [-0.15, -0.1) is 11.6 Å². The van der Waals surface area contributed by atoms with Crippen LogP contribution in [0.5, 0.6) is 0 Å². The molecule has 4 rings (SSSR count). The maximum atomic E-state index is 6.34. The minimum Gasteiger partial charge on any atom is -0.304 e. The average Bonchev–Trinajstić information content (AvgIpc) is 3.11. The predicted octanol–water partition coefficient (Wildman–Crippen LogP) is 0.0654. The van der Waals surface area contributed by atoms with Gasteiger partial charge in [-0.25, -0.2) is 5.43 Å². The third-order valence-electron chi connectivity index (χ3n) is 6.65. The molecule has 0 spiro atoms. The van der Waals surface area contributed by atoms with Crippen LogP contribution in [0, 0.1) is 5.92 Å². The number of hydrazine groups is 1. The molecule has 0 amide bonds. The fourth-order valence-corrected chi connectivity index (χ4v) is 5.18. The van der Waals surface area contributed by atoms with Crippen LogP contribution in [-0.2, 0) is 0 Å². The van der Waals surface area contributed by atoms with E-state index in [-0.39, 0.29) is 30.3 Å². The average molecular weight is 427 g/mol. The Kier molecular flexibility index (Phi) is 7.82. The number of nitrogens with one attached hydrogen (secondary N) is 6. The minimum atomic E-state index is 0.0718. The molecule has 166 valence electrons. The Morgan fingerprint density at radius 3 is 2.59 bits per heavy atom. The number of nitrogens with zero attached hydrogens (tertiary/aromatic N) is 2. The van der Waals surface area contributed by atoms with Gasteiger partial charge in [0.25, 0.3) is 0 Å². The molecule has 0 bridgehead atoms. The molecular formula is C20H39ClN8. The predicted molar refractivity (Wildman–Crippen MR) is 118 cm³/mol. The van der Waals surface area contributed by atoms with E-state index in [0.717, 1.165) is 51.9 Å². The Balaban J connectivity index is 1.33. The zero-order valence-electron chi connectivity index (χ0n) is 17.8. The molecule has 8 nitrogen and oxygen atoms in total. The van der Waals surface area contributed by atoms with Crippen molar-refractivity contribution in [1.29, 1.82) is 0 Å². The summed E-state index contributed by atoms with van der Waals surface area (Å²) in [5.74, 6) is 0.691. The maximum absolute atomic E-state index is 6.34. The fourth-order valence-electron chi connectivity index (χ4n) is 4.82. The number of hydrogen-bond donors (Lipinski definition) is 6. The number of rotatable bonds is 6. The highest BCUT2D eigenvalue weighted by Gasteiger charge is 2.33. The molecule has 3 heterocycles. The van der Waals surface area contributed by atoms with E-state index in [1.807, 2.05) is 0 Å². The van der Waals surface area contributed by atoms with Gasteiger partial charge < -0.3 is 4.90 Å². The topological polar surface area (TPSA) is 78.7 Å². The van der Waals surface area contributed by atoms with Gasteiger partial charge in [0.1, 0.15) is 12.6 Å². The second-order valence-electron chi connectivity index (χ2n) is 9.23. The minimum absolute atomic E-state index is 0.0718. The van der Waals surface area contributed by atoms with Crippen molar-refractivity contribution in [2.24, 2.45) is 5.92 Å². The number of allylic oxidation sites excluding steroid dienone is 2. The summed E-state index contributed by atoms with van der Waals surface area (Å²) in [6.45, 7) is 6.61. The first-order valence-corrected chi connectivity index (χ1v) is 11.8. The van der Waals surface area contributed by atoms with Crippen molar-refractivity contribution in [2.75, 3.05) is 33.2 Å². The number of piperazine rings is 1. The van der Waals surface area contributed by atoms with Gasteiger partial charge in [0.05, 0.1) is 17.7 Å². The third kappa shape index (κ3) is 6.35. The summed E-state index contributed by atoms with van der Waals surface area (Å²) in [6.07, 6.45) is 10.8. The molecule has 0 aromatic carbocycles. The zero-order valence-corrected chi connectivity index (χ0v) is 18.6. The van der Waals surface area contributed by atoms with Crippen molar-refractivity contribution in [2.45, 2.75) is 75.4 Å². The molecule has 29 heavy (non-hydrogen) atoms. The summed E-state index contributed by atoms with van der Waals surface area (Å²) in [6, 6.07) is 0.487. The molecule has 0 radical (unpaired) electrons. The number of halogens is 1. The van der Waals surface area contributed by atoms with Crippen LogP contribution in [0.25, 0.3) is 0 Å². The van der Waals surface area contributed by atoms with Crippen LogP contribution >= 0.6 is 11.6 Å². The Morgan fingerprint density at radius 2 is 1.86 bits per heavy atom. The first-order chi connectivity index (χ1) is 14.0. The van der Waals surface area contributed by atoms with E-state index in [1.54, 1.807) is 0 Å². The van der Waals surface area contributed by atoms with E-state index in [0.29, 0.717) is 12.0 Å². The van der Waals surface area contributed by atoms with E-state index < -0.39 is 0 Å². The Labute approximate surface area is 180 Å². The summed E-state index contributed by atoms with van der Waals surface area (Å²) in [5, 5.41) is 15.2. The summed E-state index contributed by atoms with van der Waals surface area (Å²) in [4.78, 5) is 4.93. The number of alkyl halides is 1. The van der Waals surface area contributed by atoms with Gasteiger partial charge >= 0.3 is 0 Å². The van der Waals surface area contributed by atoms with Crippen LogP contribution in [0.1, 0.15) is 39.0 Å². The quantitative estimate of drug-likeness (QED) is 0.263. The van der Waals surface area contributed by atoms with Crippen LogP contribution in [-0.4, -0.2) is 79.4 Å². The number of likely N-dealkylation sites (N-methyl/N-ethyl adjacent to an activating group) is 1. The summed E-state index contributed by atoms with van der Waals surface area (Å²) in [5.41, 5.74) is 6.66. The number of hydrogen-bond acceptors (Lipinski definition) is 8. The van der Waals surface area contributed by atoms with Crippen molar-refractivity contribution < 1.29 is 0 Å². The van der Waals surface area contributed by atoms with Gasteiger partial charge in [-0.3, -0.25) is 31.6 Å². The van der Waals surface area contributed by atoms with Gasteiger partial charge in [-0.2, -0.15) is 0 Å². The lowest BCUT2D eigenvalue weighted by atomic mass is 9.89. The van der Waals surface area contributed by atoms with Gasteiger partial charge in [0.2, 0.25) is 0 Å². The van der Waals surface area contributed by atoms with Crippen LogP contribution in [0.15, 0.2) is 12.2 Å². The molecule has 7 atom stereocenters. The Morgan fingerprint density at radius 1 is 1.03 bits per heavy atom. The standard InChI is InChI=1S/C20H39ClN8/c1-14-12-18(27-26-14)23-19-22-17(7-6-15-4-3-5-16(21)13-15)24-20(25-19)29-10-8-28(2)9-11-29/h3,5,14-20,22-27H,4,6-13H2,1-2H3/t14?,15-,16?,17?,18-,19?,20-/m0/s1. The van der Waals surface area contributed by atoms with E-state index in [2.05, 4.69) is 68.0 Å². The van der Waals surface area contributed by atoms with E-state index >= 15 is 0 Å². The molecule has 9 heteroatoms. The highest BCUT2D eigenvalue weighted by molar-refractivity contribution is 6.21. The first-order valence-electron chi connectivity index (χ1n) is 11.3. The van der Waals surface area contributed by atoms with Gasteiger partial charge in [0, 0.05) is 32.2 Å². The largest absolute Gasteiger partial charge is 0.304 e. The molecule has 3 saturated heterocycles. The van der Waals surface area contributed by atoms with Crippen molar-refractivity contribution in [3.8, 4) is 0 Å². The highest BCUT2D eigenvalue weighted by Crippen LogP contribution is 2.26. The van der Waals surface area contributed by atoms with Gasteiger partial charge in [-0.05, 0) is 52.0 Å². The molecule has 3 fully saturated rings. The fraction of sp³-hybridized carbons (Fsp3) is 0.900. The molecular weight excluding hydrogens is 388 g/mol. The van der Waals surface area contributed by atoms with E-state index in [1.165, 1.54) is 6.42 Å². The van der Waals surface area contributed by atoms with Gasteiger partial charge in [-0.1, -0.05) is 12.2 Å².